The molecule has 1 amide bonds. The van der Waals surface area contributed by atoms with Gasteiger partial charge >= 0.3 is 0 Å². The molecule has 158 valence electrons. The number of carbonyl (C=O) groups is 1. The number of amides is 1. The lowest BCUT2D eigenvalue weighted by molar-refractivity contribution is -0.111. The number of benzene rings is 2. The molecular weight excluding hydrogens is 457 g/mol. The van der Waals surface area contributed by atoms with E-state index in [1.165, 1.54) is 17.4 Å². The van der Waals surface area contributed by atoms with Gasteiger partial charge in [-0.3, -0.25) is 10.1 Å². The molecule has 4 aromatic rings. The number of aryl methyl sites for hydroxylation is 1. The van der Waals surface area contributed by atoms with Gasteiger partial charge in [0.1, 0.15) is 16.3 Å². The molecule has 0 aliphatic rings. The first kappa shape index (κ1) is 21.4. The van der Waals surface area contributed by atoms with Gasteiger partial charge in [0.05, 0.1) is 18.4 Å². The maximum atomic E-state index is 12.4. The number of methoxy groups -OCH3 is 1. The van der Waals surface area contributed by atoms with E-state index in [1.54, 1.807) is 31.6 Å². The lowest BCUT2D eigenvalue weighted by Gasteiger charge is -2.10. The summed E-state index contributed by atoms with van der Waals surface area (Å²) in [6, 6.07) is 9.02. The number of halogens is 2. The van der Waals surface area contributed by atoms with Gasteiger partial charge in [0.25, 0.3) is 0 Å². The van der Waals surface area contributed by atoms with E-state index < -0.39 is 0 Å². The van der Waals surface area contributed by atoms with Crippen molar-refractivity contribution in [2.45, 2.75) is 13.8 Å². The average Bonchev–Trinajstić information content (AvgIpc) is 3.32. The number of anilines is 1. The number of hydrogen-bond donors (Lipinski definition) is 1. The Morgan fingerprint density at radius 1 is 1.19 bits per heavy atom. The van der Waals surface area contributed by atoms with E-state index in [1.807, 2.05) is 26.0 Å². The summed E-state index contributed by atoms with van der Waals surface area (Å²) < 4.78 is 11.3. The molecule has 0 bridgehead atoms. The number of fused-ring (bicyclic) bond motifs is 1. The van der Waals surface area contributed by atoms with Gasteiger partial charge in [0.15, 0.2) is 0 Å². The number of furan rings is 1. The number of allylic oxidation sites excluding steroid dienone is 1. The lowest BCUT2D eigenvalue weighted by atomic mass is 9.99. The highest BCUT2D eigenvalue weighted by atomic mass is 35.5. The van der Waals surface area contributed by atoms with Crippen LogP contribution in [-0.2, 0) is 4.79 Å². The highest BCUT2D eigenvalue weighted by Crippen LogP contribution is 2.40. The summed E-state index contributed by atoms with van der Waals surface area (Å²) >= 11 is 13.7. The van der Waals surface area contributed by atoms with Crippen molar-refractivity contribution in [3.05, 3.63) is 63.3 Å². The van der Waals surface area contributed by atoms with E-state index in [9.17, 15) is 4.79 Å². The molecule has 31 heavy (non-hydrogen) atoms. The molecule has 1 N–H and O–H groups in total. The summed E-state index contributed by atoms with van der Waals surface area (Å²) in [5.74, 6) is 0.285. The molecule has 0 radical (unpaired) electrons. The van der Waals surface area contributed by atoms with Gasteiger partial charge in [0, 0.05) is 39.2 Å². The van der Waals surface area contributed by atoms with Crippen molar-refractivity contribution < 1.29 is 13.9 Å². The van der Waals surface area contributed by atoms with Crippen LogP contribution in [0.15, 0.2) is 47.1 Å². The van der Waals surface area contributed by atoms with Crippen LogP contribution in [-0.4, -0.2) is 23.2 Å². The first-order valence-corrected chi connectivity index (χ1v) is 10.8. The van der Waals surface area contributed by atoms with E-state index in [0.29, 0.717) is 32.1 Å². The van der Waals surface area contributed by atoms with Crippen LogP contribution in [0.5, 0.6) is 5.75 Å². The minimum atomic E-state index is -0.302. The molecule has 9 heteroatoms. The highest BCUT2D eigenvalue weighted by Gasteiger charge is 2.17. The van der Waals surface area contributed by atoms with Gasteiger partial charge in [-0.1, -0.05) is 40.6 Å². The fourth-order valence-corrected chi connectivity index (χ4v) is 4.32. The second-order valence-corrected chi connectivity index (χ2v) is 8.79. The first-order valence-electron chi connectivity index (χ1n) is 9.20. The van der Waals surface area contributed by atoms with E-state index >= 15 is 0 Å². The molecule has 0 fully saturated rings. The Morgan fingerprint density at radius 2 is 2.00 bits per heavy atom. The summed E-state index contributed by atoms with van der Waals surface area (Å²) in [7, 11) is 1.57. The van der Waals surface area contributed by atoms with Crippen molar-refractivity contribution >= 4 is 62.1 Å². The highest BCUT2D eigenvalue weighted by molar-refractivity contribution is 7.15. The molecule has 2 aromatic carbocycles. The van der Waals surface area contributed by atoms with Gasteiger partial charge < -0.3 is 9.15 Å². The number of carbonyl (C=O) groups excluding carboxylic acids is 1. The molecule has 0 atom stereocenters. The van der Waals surface area contributed by atoms with E-state index in [2.05, 4.69) is 15.5 Å². The van der Waals surface area contributed by atoms with Gasteiger partial charge in [-0.05, 0) is 37.6 Å². The standard InChI is InChI=1S/C22H17Cl2N3O3S/c1-11(6-21(28)25-22-27-26-12(2)31-22)15-8-16-17(10-30-20(16)9-19(15)29-3)14-5-4-13(23)7-18(14)24/h4-10H,1-3H3,(H,25,27,28)/b11-6+. The second kappa shape index (κ2) is 8.70. The molecule has 0 aliphatic carbocycles. The minimum absolute atomic E-state index is 0.302. The van der Waals surface area contributed by atoms with Crippen molar-refractivity contribution in [2.24, 2.45) is 0 Å². The predicted molar refractivity (Wildman–Crippen MR) is 125 cm³/mol. The molecule has 0 saturated carbocycles. The van der Waals surface area contributed by atoms with E-state index in [0.717, 1.165) is 27.1 Å². The molecule has 2 aromatic heterocycles. The van der Waals surface area contributed by atoms with Crippen LogP contribution in [0.4, 0.5) is 5.13 Å². The Balaban J connectivity index is 1.75. The SMILES string of the molecule is COc1cc2occ(-c3ccc(Cl)cc3Cl)c2cc1/C(C)=C/C(=O)Nc1nnc(C)s1. The third-order valence-corrected chi connectivity index (χ3v) is 5.95. The fourth-order valence-electron chi connectivity index (χ4n) is 3.21. The van der Waals surface area contributed by atoms with Crippen LogP contribution in [0.1, 0.15) is 17.5 Å². The van der Waals surface area contributed by atoms with Crippen molar-refractivity contribution in [3.63, 3.8) is 0 Å². The normalized spacial score (nSPS) is 11.7. The van der Waals surface area contributed by atoms with Gasteiger partial charge in [0.2, 0.25) is 11.0 Å². The maximum absolute atomic E-state index is 12.4. The molecular formula is C22H17Cl2N3O3S. The van der Waals surface area contributed by atoms with Crippen LogP contribution in [0.2, 0.25) is 10.0 Å². The summed E-state index contributed by atoms with van der Waals surface area (Å²) in [5.41, 5.74) is 3.73. The van der Waals surface area contributed by atoms with Crippen molar-refractivity contribution in [1.29, 1.82) is 0 Å². The summed E-state index contributed by atoms with van der Waals surface area (Å²) in [6.07, 6.45) is 3.14. The summed E-state index contributed by atoms with van der Waals surface area (Å²) in [5, 5.41) is 13.7. The van der Waals surface area contributed by atoms with Crippen LogP contribution in [0.3, 0.4) is 0 Å². The quantitative estimate of drug-likeness (QED) is 0.329. The Hall–Kier alpha value is -2.87. The molecule has 0 saturated heterocycles. The van der Waals surface area contributed by atoms with E-state index in [4.69, 9.17) is 32.4 Å². The predicted octanol–water partition coefficient (Wildman–Crippen LogP) is 6.62. The molecule has 0 unspecified atom stereocenters. The number of hydrogen-bond acceptors (Lipinski definition) is 6. The zero-order chi connectivity index (χ0) is 22.1. The third kappa shape index (κ3) is 4.44. The molecule has 0 aliphatic heterocycles. The largest absolute Gasteiger partial charge is 0.496 e. The minimum Gasteiger partial charge on any atom is -0.496 e. The maximum Gasteiger partial charge on any atom is 0.250 e. The topological polar surface area (TPSA) is 77.2 Å². The zero-order valence-electron chi connectivity index (χ0n) is 16.8. The number of aromatic nitrogens is 2. The fraction of sp³-hybridized carbons (Fsp3) is 0.136. The number of rotatable bonds is 5. The van der Waals surface area contributed by atoms with Crippen molar-refractivity contribution in [3.8, 4) is 16.9 Å². The summed E-state index contributed by atoms with van der Waals surface area (Å²) in [6.45, 7) is 3.66. The summed E-state index contributed by atoms with van der Waals surface area (Å²) in [4.78, 5) is 12.4. The Morgan fingerprint density at radius 3 is 2.68 bits per heavy atom. The first-order chi connectivity index (χ1) is 14.9. The Bertz CT molecular complexity index is 1330. The molecule has 4 rings (SSSR count). The molecule has 0 spiro atoms. The smallest absolute Gasteiger partial charge is 0.250 e. The van der Waals surface area contributed by atoms with E-state index in [-0.39, 0.29) is 5.91 Å². The van der Waals surface area contributed by atoms with Gasteiger partial charge in [-0.25, -0.2) is 0 Å². The molecule has 6 nitrogen and oxygen atoms in total. The number of nitrogens with zero attached hydrogens (tertiary/aromatic N) is 2. The Kier molecular flexibility index (Phi) is 6.00. The zero-order valence-corrected chi connectivity index (χ0v) is 19.2. The van der Waals surface area contributed by atoms with Crippen molar-refractivity contribution in [2.75, 3.05) is 12.4 Å². The van der Waals surface area contributed by atoms with Gasteiger partial charge in [-0.15, -0.1) is 10.2 Å². The number of nitrogens with one attached hydrogen (secondary N) is 1. The van der Waals surface area contributed by atoms with Crippen LogP contribution < -0.4 is 10.1 Å². The van der Waals surface area contributed by atoms with Crippen LogP contribution >= 0.6 is 34.5 Å². The van der Waals surface area contributed by atoms with Crippen molar-refractivity contribution in [1.82, 2.24) is 10.2 Å². The third-order valence-electron chi connectivity index (χ3n) is 4.65. The monoisotopic (exact) mass is 473 g/mol. The lowest BCUT2D eigenvalue weighted by Crippen LogP contribution is -2.08. The average molecular weight is 474 g/mol. The number of ether oxygens (including phenoxy) is 1. The second-order valence-electron chi connectivity index (χ2n) is 6.77. The van der Waals surface area contributed by atoms with Crippen LogP contribution in [0, 0.1) is 6.92 Å². The van der Waals surface area contributed by atoms with Gasteiger partial charge in [-0.2, -0.15) is 0 Å². The molecule has 2 heterocycles. The Labute approximate surface area is 192 Å². The van der Waals surface area contributed by atoms with Crippen LogP contribution in [0.25, 0.3) is 27.7 Å².